The molecule has 0 radical (unpaired) electrons. The molecule has 2 aromatic carbocycles. The van der Waals surface area contributed by atoms with Crippen LogP contribution in [0.2, 0.25) is 0 Å². The molecule has 0 aliphatic rings. The smallest absolute Gasteiger partial charge is 0.0622 e. The molecule has 2 rings (SSSR count). The number of ether oxygens (including phenoxy) is 1. The van der Waals surface area contributed by atoms with Gasteiger partial charge in [-0.25, -0.2) is 0 Å². The molecule has 0 heterocycles. The molecule has 0 saturated heterocycles. The quantitative estimate of drug-likeness (QED) is 0.789. The van der Waals surface area contributed by atoms with Crippen molar-refractivity contribution < 1.29 is 4.74 Å². The highest BCUT2D eigenvalue weighted by atomic mass is 16.5. The summed E-state index contributed by atoms with van der Waals surface area (Å²) < 4.78 is 5.59. The Bertz CT molecular complexity index is 516. The second-order valence-electron chi connectivity index (χ2n) is 5.20. The molecule has 20 heavy (non-hydrogen) atoms. The summed E-state index contributed by atoms with van der Waals surface area (Å²) in [6.45, 7) is 6.85. The highest BCUT2D eigenvalue weighted by molar-refractivity contribution is 5.82. The lowest BCUT2D eigenvalue weighted by Crippen LogP contribution is -2.36. The summed E-state index contributed by atoms with van der Waals surface area (Å²) in [4.78, 5) is 0. The zero-order valence-corrected chi connectivity index (χ0v) is 12.6. The molecule has 2 heteroatoms. The van der Waals surface area contributed by atoms with Crippen molar-refractivity contribution in [1.82, 2.24) is 5.32 Å². The second-order valence-corrected chi connectivity index (χ2v) is 5.20. The molecule has 0 aliphatic carbocycles. The molecular weight excluding hydrogens is 246 g/mol. The van der Waals surface area contributed by atoms with Crippen LogP contribution in [0, 0.1) is 0 Å². The minimum Gasteiger partial charge on any atom is -0.380 e. The van der Waals surface area contributed by atoms with Crippen LogP contribution in [-0.2, 0) is 11.2 Å². The van der Waals surface area contributed by atoms with Crippen LogP contribution in [0.1, 0.15) is 25.8 Å². The van der Waals surface area contributed by atoms with Crippen LogP contribution in [0.5, 0.6) is 0 Å². The first-order chi connectivity index (χ1) is 9.83. The van der Waals surface area contributed by atoms with Crippen LogP contribution in [-0.4, -0.2) is 25.8 Å². The third-order valence-corrected chi connectivity index (χ3v) is 3.50. The van der Waals surface area contributed by atoms with Gasteiger partial charge in [-0.3, -0.25) is 0 Å². The van der Waals surface area contributed by atoms with E-state index in [9.17, 15) is 0 Å². The molecule has 1 unspecified atom stereocenters. The van der Waals surface area contributed by atoms with Crippen molar-refractivity contribution >= 4 is 10.8 Å². The maximum Gasteiger partial charge on any atom is 0.0622 e. The van der Waals surface area contributed by atoms with Gasteiger partial charge in [-0.05, 0) is 42.6 Å². The second kappa shape index (κ2) is 8.03. The van der Waals surface area contributed by atoms with Crippen molar-refractivity contribution in [3.05, 3.63) is 48.0 Å². The van der Waals surface area contributed by atoms with Crippen molar-refractivity contribution in [2.24, 2.45) is 0 Å². The molecule has 0 aromatic heterocycles. The van der Waals surface area contributed by atoms with Crippen LogP contribution in [0.25, 0.3) is 10.8 Å². The van der Waals surface area contributed by atoms with E-state index in [1.807, 2.05) is 6.92 Å². The van der Waals surface area contributed by atoms with Gasteiger partial charge in [0.2, 0.25) is 0 Å². The maximum atomic E-state index is 5.59. The van der Waals surface area contributed by atoms with E-state index >= 15 is 0 Å². The Morgan fingerprint density at radius 3 is 2.60 bits per heavy atom. The third-order valence-electron chi connectivity index (χ3n) is 3.50. The first-order valence-corrected chi connectivity index (χ1v) is 7.62. The highest BCUT2D eigenvalue weighted by Gasteiger charge is 2.09. The molecule has 1 atom stereocenters. The Hall–Kier alpha value is -1.38. The van der Waals surface area contributed by atoms with E-state index < -0.39 is 0 Å². The average molecular weight is 271 g/mol. The van der Waals surface area contributed by atoms with Gasteiger partial charge in [0.1, 0.15) is 0 Å². The maximum absolute atomic E-state index is 5.59. The van der Waals surface area contributed by atoms with Gasteiger partial charge in [-0.2, -0.15) is 0 Å². The Kier molecular flexibility index (Phi) is 6.03. The lowest BCUT2D eigenvalue weighted by atomic mass is 10.0. The van der Waals surface area contributed by atoms with E-state index in [2.05, 4.69) is 54.7 Å². The van der Waals surface area contributed by atoms with Gasteiger partial charge in [0, 0.05) is 12.6 Å². The monoisotopic (exact) mass is 271 g/mol. The molecular formula is C18H25NO. The van der Waals surface area contributed by atoms with Crippen LogP contribution < -0.4 is 5.32 Å². The largest absolute Gasteiger partial charge is 0.380 e. The molecule has 1 N–H and O–H groups in total. The van der Waals surface area contributed by atoms with Gasteiger partial charge in [-0.1, -0.05) is 49.4 Å². The van der Waals surface area contributed by atoms with Crippen molar-refractivity contribution in [2.75, 3.05) is 19.8 Å². The Morgan fingerprint density at radius 2 is 1.85 bits per heavy atom. The summed E-state index contributed by atoms with van der Waals surface area (Å²) in [5.74, 6) is 0. The Balaban J connectivity index is 2.06. The molecule has 0 fully saturated rings. The van der Waals surface area contributed by atoms with Crippen LogP contribution in [0.3, 0.4) is 0 Å². The average Bonchev–Trinajstić information content (AvgIpc) is 2.50. The molecule has 2 nitrogen and oxygen atoms in total. The predicted molar refractivity (Wildman–Crippen MR) is 86.2 cm³/mol. The van der Waals surface area contributed by atoms with E-state index in [1.54, 1.807) is 0 Å². The topological polar surface area (TPSA) is 21.3 Å². The predicted octanol–water partition coefficient (Wildman–Crippen LogP) is 3.79. The van der Waals surface area contributed by atoms with Gasteiger partial charge in [0.25, 0.3) is 0 Å². The fourth-order valence-electron chi connectivity index (χ4n) is 2.45. The van der Waals surface area contributed by atoms with Gasteiger partial charge < -0.3 is 10.1 Å². The van der Waals surface area contributed by atoms with E-state index in [-0.39, 0.29) is 0 Å². The van der Waals surface area contributed by atoms with E-state index in [1.165, 1.54) is 16.3 Å². The molecule has 0 bridgehead atoms. The number of fused-ring (bicyclic) bond motifs is 1. The Labute approximate surface area is 122 Å². The number of benzene rings is 2. The molecule has 0 spiro atoms. The zero-order chi connectivity index (χ0) is 14.2. The fourth-order valence-corrected chi connectivity index (χ4v) is 2.45. The minimum absolute atomic E-state index is 0.399. The van der Waals surface area contributed by atoms with Crippen molar-refractivity contribution in [1.29, 1.82) is 0 Å². The van der Waals surface area contributed by atoms with Crippen molar-refractivity contribution in [3.8, 4) is 0 Å². The summed E-state index contributed by atoms with van der Waals surface area (Å²) >= 11 is 0. The molecule has 0 aliphatic heterocycles. The number of hydrogen-bond acceptors (Lipinski definition) is 2. The normalized spacial score (nSPS) is 12.7. The first-order valence-electron chi connectivity index (χ1n) is 7.62. The Morgan fingerprint density at radius 1 is 1.05 bits per heavy atom. The van der Waals surface area contributed by atoms with Crippen molar-refractivity contribution in [2.45, 2.75) is 32.7 Å². The van der Waals surface area contributed by atoms with E-state index in [0.717, 1.165) is 32.6 Å². The molecule has 0 saturated carbocycles. The highest BCUT2D eigenvalue weighted by Crippen LogP contribution is 2.16. The number of nitrogens with one attached hydrogen (secondary N) is 1. The standard InChI is InChI=1S/C18H25NO/c1-3-11-19-18(14-20-4-2)13-15-9-10-16-7-5-6-8-17(16)12-15/h5-10,12,18-19H,3-4,11,13-14H2,1-2H3. The molecule has 0 amide bonds. The van der Waals surface area contributed by atoms with Gasteiger partial charge in [0.15, 0.2) is 0 Å². The molecule has 108 valence electrons. The van der Waals surface area contributed by atoms with Crippen LogP contribution in [0.15, 0.2) is 42.5 Å². The lowest BCUT2D eigenvalue weighted by Gasteiger charge is -2.18. The molecule has 2 aromatic rings. The summed E-state index contributed by atoms with van der Waals surface area (Å²) in [5, 5.41) is 6.20. The van der Waals surface area contributed by atoms with Gasteiger partial charge in [-0.15, -0.1) is 0 Å². The summed E-state index contributed by atoms with van der Waals surface area (Å²) in [7, 11) is 0. The van der Waals surface area contributed by atoms with Crippen molar-refractivity contribution in [3.63, 3.8) is 0 Å². The number of rotatable bonds is 8. The van der Waals surface area contributed by atoms with Crippen LogP contribution in [0.4, 0.5) is 0 Å². The van der Waals surface area contributed by atoms with E-state index in [0.29, 0.717) is 6.04 Å². The SMILES string of the molecule is CCCNC(COCC)Cc1ccc2ccccc2c1. The fraction of sp³-hybridized carbons (Fsp3) is 0.444. The minimum atomic E-state index is 0.399. The zero-order valence-electron chi connectivity index (χ0n) is 12.6. The lowest BCUT2D eigenvalue weighted by molar-refractivity contribution is 0.122. The van der Waals surface area contributed by atoms with Gasteiger partial charge in [0.05, 0.1) is 6.61 Å². The summed E-state index contributed by atoms with van der Waals surface area (Å²) in [6.07, 6.45) is 2.17. The van der Waals surface area contributed by atoms with Gasteiger partial charge >= 0.3 is 0 Å². The first kappa shape index (κ1) is 15.0. The third kappa shape index (κ3) is 4.32. The summed E-state index contributed by atoms with van der Waals surface area (Å²) in [6, 6.07) is 15.7. The van der Waals surface area contributed by atoms with Crippen LogP contribution >= 0.6 is 0 Å². The number of hydrogen-bond donors (Lipinski definition) is 1. The van der Waals surface area contributed by atoms with E-state index in [4.69, 9.17) is 4.74 Å². The summed E-state index contributed by atoms with van der Waals surface area (Å²) in [5.41, 5.74) is 1.37.